The van der Waals surface area contributed by atoms with Crippen molar-refractivity contribution in [2.75, 3.05) is 0 Å². The highest BCUT2D eigenvalue weighted by Gasteiger charge is 2.18. The van der Waals surface area contributed by atoms with Gasteiger partial charge in [0.25, 0.3) is 0 Å². The topological polar surface area (TPSA) is 54.0 Å². The number of hydrogen-bond acceptors (Lipinski definition) is 3. The average Bonchev–Trinajstić information content (AvgIpc) is 2.99. The number of hydrogen-bond donors (Lipinski definition) is 2. The van der Waals surface area contributed by atoms with Gasteiger partial charge in [-0.05, 0) is 19.4 Å². The molecule has 0 fully saturated rings. The number of halogens is 2. The van der Waals surface area contributed by atoms with Crippen LogP contribution in [0, 0.1) is 11.6 Å². The Balaban J connectivity index is 2.02. The Morgan fingerprint density at radius 2 is 2.14 bits per heavy atom. The molecule has 2 rings (SSSR count). The summed E-state index contributed by atoms with van der Waals surface area (Å²) >= 11 is 1.44. The molecule has 7 heteroatoms. The third-order valence-electron chi connectivity index (χ3n) is 3.22. The fourth-order valence-corrected chi connectivity index (χ4v) is 2.74. The van der Waals surface area contributed by atoms with Crippen molar-refractivity contribution in [3.63, 3.8) is 0 Å². The van der Waals surface area contributed by atoms with Gasteiger partial charge in [-0.25, -0.2) is 18.6 Å². The van der Waals surface area contributed by atoms with Crippen LogP contribution in [0.25, 0.3) is 0 Å². The van der Waals surface area contributed by atoms with Gasteiger partial charge in [-0.2, -0.15) is 0 Å². The van der Waals surface area contributed by atoms with Crippen molar-refractivity contribution in [3.8, 4) is 0 Å². The van der Waals surface area contributed by atoms with Crippen LogP contribution in [-0.4, -0.2) is 11.0 Å². The van der Waals surface area contributed by atoms with Gasteiger partial charge in [-0.3, -0.25) is 0 Å². The van der Waals surface area contributed by atoms with Gasteiger partial charge in [0.2, 0.25) is 0 Å². The van der Waals surface area contributed by atoms with Crippen molar-refractivity contribution < 1.29 is 13.6 Å². The van der Waals surface area contributed by atoms with E-state index in [9.17, 15) is 13.6 Å². The van der Waals surface area contributed by atoms with Crippen LogP contribution in [0.3, 0.4) is 0 Å². The van der Waals surface area contributed by atoms with Crippen LogP contribution in [0.2, 0.25) is 0 Å². The molecule has 0 aliphatic heterocycles. The molecule has 0 saturated heterocycles. The summed E-state index contributed by atoms with van der Waals surface area (Å²) in [5.74, 6) is -1.31. The Hall–Kier alpha value is -2.02. The molecule has 2 atom stereocenters. The summed E-state index contributed by atoms with van der Waals surface area (Å²) in [6.07, 6.45) is 2.15. The third kappa shape index (κ3) is 4.00. The second kappa shape index (κ2) is 7.31. The molecule has 1 heterocycles. The maximum Gasteiger partial charge on any atom is 0.315 e. The lowest BCUT2D eigenvalue weighted by atomic mass is 10.0. The van der Waals surface area contributed by atoms with Crippen LogP contribution in [0.1, 0.15) is 42.9 Å². The lowest BCUT2D eigenvalue weighted by Gasteiger charge is -2.20. The predicted molar refractivity (Wildman–Crippen MR) is 81.6 cm³/mol. The van der Waals surface area contributed by atoms with E-state index in [2.05, 4.69) is 15.6 Å². The Morgan fingerprint density at radius 1 is 1.36 bits per heavy atom. The Labute approximate surface area is 131 Å². The molecular formula is C15H17F2N3OS. The second-order valence-electron chi connectivity index (χ2n) is 4.84. The minimum atomic E-state index is -0.667. The van der Waals surface area contributed by atoms with E-state index in [4.69, 9.17) is 0 Å². The number of thiazole rings is 1. The highest BCUT2D eigenvalue weighted by Crippen LogP contribution is 2.21. The minimum absolute atomic E-state index is 0.240. The van der Waals surface area contributed by atoms with E-state index in [1.807, 2.05) is 19.2 Å². The summed E-state index contributed by atoms with van der Waals surface area (Å²) in [4.78, 5) is 16.2. The van der Waals surface area contributed by atoms with E-state index in [0.717, 1.165) is 11.1 Å². The molecule has 2 N–H and O–H groups in total. The first-order chi connectivity index (χ1) is 10.5. The highest BCUT2D eigenvalue weighted by atomic mass is 32.1. The zero-order valence-electron chi connectivity index (χ0n) is 12.3. The van der Waals surface area contributed by atoms with E-state index < -0.39 is 23.7 Å². The monoisotopic (exact) mass is 325 g/mol. The van der Waals surface area contributed by atoms with E-state index in [0.29, 0.717) is 6.42 Å². The van der Waals surface area contributed by atoms with Gasteiger partial charge >= 0.3 is 6.03 Å². The van der Waals surface area contributed by atoms with E-state index in [1.54, 1.807) is 6.20 Å². The molecule has 4 nitrogen and oxygen atoms in total. The van der Waals surface area contributed by atoms with Crippen molar-refractivity contribution in [3.05, 3.63) is 52.0 Å². The van der Waals surface area contributed by atoms with Crippen LogP contribution in [0.4, 0.5) is 13.6 Å². The lowest BCUT2D eigenvalue weighted by Crippen LogP contribution is -2.39. The molecule has 0 saturated carbocycles. The van der Waals surface area contributed by atoms with Crippen LogP contribution in [0.15, 0.2) is 29.8 Å². The smallest absolute Gasteiger partial charge is 0.315 e. The summed E-state index contributed by atoms with van der Waals surface area (Å²) < 4.78 is 26.8. The molecule has 0 bridgehead atoms. The van der Waals surface area contributed by atoms with E-state index in [1.165, 1.54) is 23.5 Å². The highest BCUT2D eigenvalue weighted by molar-refractivity contribution is 7.09. The number of benzene rings is 1. The fourth-order valence-electron chi connectivity index (χ4n) is 2.09. The van der Waals surface area contributed by atoms with Crippen LogP contribution in [0.5, 0.6) is 0 Å². The normalized spacial score (nSPS) is 13.5. The van der Waals surface area contributed by atoms with Gasteiger partial charge in [0.05, 0.1) is 12.1 Å². The fraction of sp³-hybridized carbons (Fsp3) is 0.333. The SMILES string of the molecule is CCC(NC(=O)NC(C)c1nccs1)c1ccc(F)cc1F. The van der Waals surface area contributed by atoms with Crippen LogP contribution < -0.4 is 10.6 Å². The molecule has 118 valence electrons. The molecule has 0 spiro atoms. The summed E-state index contributed by atoms with van der Waals surface area (Å²) in [5.41, 5.74) is 0.265. The van der Waals surface area contributed by atoms with Gasteiger partial charge in [0, 0.05) is 23.2 Å². The number of aromatic nitrogens is 1. The van der Waals surface area contributed by atoms with Crippen molar-refractivity contribution >= 4 is 17.4 Å². The Morgan fingerprint density at radius 3 is 2.73 bits per heavy atom. The van der Waals surface area contributed by atoms with E-state index in [-0.39, 0.29) is 11.6 Å². The van der Waals surface area contributed by atoms with Crippen LogP contribution in [-0.2, 0) is 0 Å². The molecule has 0 aliphatic carbocycles. The molecule has 2 aromatic rings. The van der Waals surface area contributed by atoms with Crippen molar-refractivity contribution in [2.24, 2.45) is 0 Å². The first-order valence-corrected chi connectivity index (χ1v) is 7.80. The molecule has 0 aliphatic rings. The van der Waals surface area contributed by atoms with E-state index >= 15 is 0 Å². The zero-order valence-corrected chi connectivity index (χ0v) is 13.1. The third-order valence-corrected chi connectivity index (χ3v) is 4.18. The second-order valence-corrected chi connectivity index (χ2v) is 5.76. The number of amides is 2. The quantitative estimate of drug-likeness (QED) is 0.875. The first kappa shape index (κ1) is 16.4. The number of carbonyl (C=O) groups excluding carboxylic acids is 1. The molecular weight excluding hydrogens is 308 g/mol. The maximum atomic E-state index is 13.8. The number of carbonyl (C=O) groups is 1. The van der Waals surface area contributed by atoms with Crippen molar-refractivity contribution in [1.82, 2.24) is 15.6 Å². The summed E-state index contributed by atoms with van der Waals surface area (Å²) in [5, 5.41) is 8.07. The molecule has 0 radical (unpaired) electrons. The van der Waals surface area contributed by atoms with Gasteiger partial charge in [-0.15, -0.1) is 11.3 Å². The zero-order chi connectivity index (χ0) is 16.1. The standard InChI is InChI=1S/C15H17F2N3OS/c1-3-13(11-5-4-10(16)8-12(11)17)20-15(21)19-9(2)14-18-6-7-22-14/h4-9,13H,3H2,1-2H3,(H2,19,20,21). The van der Waals surface area contributed by atoms with Gasteiger partial charge < -0.3 is 10.6 Å². The Bertz CT molecular complexity index is 634. The summed E-state index contributed by atoms with van der Waals surface area (Å²) in [6.45, 7) is 3.63. The van der Waals surface area contributed by atoms with Gasteiger partial charge in [0.15, 0.2) is 0 Å². The van der Waals surface area contributed by atoms with Crippen LogP contribution >= 0.6 is 11.3 Å². The molecule has 1 aromatic carbocycles. The summed E-state index contributed by atoms with van der Waals surface area (Å²) in [6, 6.07) is 2.16. The lowest BCUT2D eigenvalue weighted by molar-refractivity contribution is 0.233. The molecule has 22 heavy (non-hydrogen) atoms. The predicted octanol–water partition coefficient (Wildman–Crippen LogP) is 3.93. The minimum Gasteiger partial charge on any atom is -0.331 e. The van der Waals surface area contributed by atoms with Gasteiger partial charge in [-0.1, -0.05) is 13.0 Å². The molecule has 2 unspecified atom stereocenters. The number of nitrogens with one attached hydrogen (secondary N) is 2. The van der Waals surface area contributed by atoms with Gasteiger partial charge in [0.1, 0.15) is 16.6 Å². The van der Waals surface area contributed by atoms with Crippen molar-refractivity contribution in [1.29, 1.82) is 0 Å². The number of nitrogens with zero attached hydrogens (tertiary/aromatic N) is 1. The molecule has 2 amide bonds. The maximum absolute atomic E-state index is 13.8. The summed E-state index contributed by atoms with van der Waals surface area (Å²) in [7, 11) is 0. The number of rotatable bonds is 5. The Kier molecular flexibility index (Phi) is 5.43. The first-order valence-electron chi connectivity index (χ1n) is 6.92. The average molecular weight is 325 g/mol. The largest absolute Gasteiger partial charge is 0.331 e. The van der Waals surface area contributed by atoms with Crippen molar-refractivity contribution in [2.45, 2.75) is 32.4 Å². The molecule has 1 aromatic heterocycles. The number of urea groups is 1.